The number of aromatic amines is 1. The summed E-state index contributed by atoms with van der Waals surface area (Å²) in [6.07, 6.45) is 6.88. The second-order valence-electron chi connectivity index (χ2n) is 7.75. The molecule has 1 fully saturated rings. The fourth-order valence-corrected chi connectivity index (χ4v) is 3.73. The van der Waals surface area contributed by atoms with Crippen LogP contribution in [-0.4, -0.2) is 67.9 Å². The molecule has 2 aromatic heterocycles. The van der Waals surface area contributed by atoms with E-state index >= 15 is 0 Å². The number of rotatable bonds is 7. The molecule has 8 heteroatoms. The van der Waals surface area contributed by atoms with Gasteiger partial charge >= 0.3 is 0 Å². The first kappa shape index (κ1) is 20.0. The van der Waals surface area contributed by atoms with Crippen LogP contribution >= 0.6 is 0 Å². The second kappa shape index (κ2) is 8.62. The van der Waals surface area contributed by atoms with Gasteiger partial charge in [-0.05, 0) is 50.6 Å². The Kier molecular flexibility index (Phi) is 5.76. The van der Waals surface area contributed by atoms with Crippen LogP contribution in [0.1, 0.15) is 52.2 Å². The van der Waals surface area contributed by atoms with E-state index in [0.717, 1.165) is 37.2 Å². The lowest BCUT2D eigenvalue weighted by Crippen LogP contribution is -2.29. The molecule has 0 saturated carbocycles. The van der Waals surface area contributed by atoms with Crippen LogP contribution in [0.25, 0.3) is 5.69 Å². The van der Waals surface area contributed by atoms with Crippen LogP contribution in [0.4, 0.5) is 0 Å². The molecule has 0 spiro atoms. The predicted molar refractivity (Wildman–Crippen MR) is 113 cm³/mol. The largest absolute Gasteiger partial charge is 0.356 e. The summed E-state index contributed by atoms with van der Waals surface area (Å²) in [5.74, 6) is -0.0407. The van der Waals surface area contributed by atoms with Gasteiger partial charge in [-0.2, -0.15) is 5.10 Å². The summed E-state index contributed by atoms with van der Waals surface area (Å²) < 4.78 is 1.70. The molecule has 1 unspecified atom stereocenters. The molecule has 1 saturated heterocycles. The lowest BCUT2D eigenvalue weighted by Gasteiger charge is -2.24. The Morgan fingerprint density at radius 3 is 2.60 bits per heavy atom. The highest BCUT2D eigenvalue weighted by atomic mass is 16.2. The van der Waals surface area contributed by atoms with Crippen molar-refractivity contribution < 1.29 is 9.59 Å². The van der Waals surface area contributed by atoms with Crippen molar-refractivity contribution in [1.29, 1.82) is 0 Å². The Hall–Kier alpha value is -3.26. The molecule has 1 atom stereocenters. The van der Waals surface area contributed by atoms with Crippen LogP contribution in [-0.2, 0) is 0 Å². The molecular weight excluding hydrogens is 380 g/mol. The maximum Gasteiger partial charge on any atom is 0.270 e. The van der Waals surface area contributed by atoms with Crippen molar-refractivity contribution in [2.24, 2.45) is 0 Å². The van der Waals surface area contributed by atoms with Gasteiger partial charge in [-0.15, -0.1) is 0 Å². The highest BCUT2D eigenvalue weighted by molar-refractivity contribution is 6.01. The van der Waals surface area contributed by atoms with Crippen LogP contribution in [0.5, 0.6) is 0 Å². The molecule has 3 heterocycles. The topological polar surface area (TPSA) is 87.1 Å². The van der Waals surface area contributed by atoms with Crippen LogP contribution in [0.15, 0.2) is 49.2 Å². The first-order valence-corrected chi connectivity index (χ1v) is 10.2. The van der Waals surface area contributed by atoms with Gasteiger partial charge in [-0.1, -0.05) is 12.1 Å². The molecule has 1 aromatic carbocycles. The maximum atomic E-state index is 12.8. The fraction of sp³-hybridized carbons (Fsp3) is 0.364. The van der Waals surface area contributed by atoms with Crippen LogP contribution in [0.3, 0.4) is 0 Å². The van der Waals surface area contributed by atoms with Gasteiger partial charge in [-0.3, -0.25) is 14.5 Å². The van der Waals surface area contributed by atoms with Crippen molar-refractivity contribution in [3.05, 3.63) is 66.0 Å². The second-order valence-corrected chi connectivity index (χ2v) is 7.75. The van der Waals surface area contributed by atoms with Crippen molar-refractivity contribution in [2.75, 3.05) is 26.7 Å². The molecule has 8 nitrogen and oxygen atoms in total. The van der Waals surface area contributed by atoms with E-state index < -0.39 is 0 Å². The highest BCUT2D eigenvalue weighted by Crippen LogP contribution is 2.21. The van der Waals surface area contributed by atoms with E-state index in [1.54, 1.807) is 23.3 Å². The summed E-state index contributed by atoms with van der Waals surface area (Å²) in [7, 11) is 1.93. The first-order valence-electron chi connectivity index (χ1n) is 10.2. The summed E-state index contributed by atoms with van der Waals surface area (Å²) in [6.45, 7) is 3.91. The normalized spacial score (nSPS) is 15.0. The fourth-order valence-electron chi connectivity index (χ4n) is 3.73. The zero-order valence-electron chi connectivity index (χ0n) is 17.3. The average Bonchev–Trinajstić information content (AvgIpc) is 3.54. The predicted octanol–water partition coefficient (Wildman–Crippen LogP) is 2.71. The number of carbonyl (C=O) groups is 2. The Labute approximate surface area is 175 Å². The van der Waals surface area contributed by atoms with Gasteiger partial charge in [0.1, 0.15) is 18.3 Å². The molecule has 0 aliphatic carbocycles. The Morgan fingerprint density at radius 1 is 1.20 bits per heavy atom. The Balaban J connectivity index is 1.37. The number of hydrogen-bond donors (Lipinski definition) is 1. The van der Waals surface area contributed by atoms with Gasteiger partial charge < -0.3 is 9.88 Å². The number of carbonyl (C=O) groups excluding carboxylic acids is 2. The molecule has 1 aliphatic heterocycles. The number of Topliss-reactive ketones (excluding diaryl/α,β-unsaturated/α-hetero) is 1. The molecule has 0 radical (unpaired) electrons. The van der Waals surface area contributed by atoms with Crippen molar-refractivity contribution >= 4 is 11.7 Å². The highest BCUT2D eigenvalue weighted by Gasteiger charge is 2.22. The molecule has 30 heavy (non-hydrogen) atoms. The third-order valence-corrected chi connectivity index (χ3v) is 5.74. The van der Waals surface area contributed by atoms with E-state index in [2.05, 4.69) is 22.0 Å². The van der Waals surface area contributed by atoms with Gasteiger partial charge in [0.15, 0.2) is 5.78 Å². The van der Waals surface area contributed by atoms with Crippen molar-refractivity contribution in [2.45, 2.75) is 25.8 Å². The van der Waals surface area contributed by atoms with E-state index in [4.69, 9.17) is 0 Å². The van der Waals surface area contributed by atoms with Gasteiger partial charge in [0.25, 0.3) is 5.91 Å². The first-order chi connectivity index (χ1) is 14.5. The summed E-state index contributed by atoms with van der Waals surface area (Å²) in [4.78, 5) is 36.0. The maximum absolute atomic E-state index is 12.8. The smallest absolute Gasteiger partial charge is 0.270 e. The standard InChI is InChI=1S/C22H26N6O2/c1-16(17-5-7-19(8-6-17)28-15-23-14-25-28)26(2)13-21(29)18-11-20(24-12-18)22(30)27-9-3-4-10-27/h5-8,11-12,14-16,24H,3-4,9-10,13H2,1-2H3. The number of aromatic nitrogens is 4. The summed E-state index contributed by atoms with van der Waals surface area (Å²) in [5, 5.41) is 4.13. The number of nitrogens with zero attached hydrogens (tertiary/aromatic N) is 5. The number of amides is 1. The number of likely N-dealkylation sites (tertiary alicyclic amines) is 1. The van der Waals surface area contributed by atoms with Gasteiger partial charge in [-0.25, -0.2) is 9.67 Å². The average molecular weight is 406 g/mol. The van der Waals surface area contributed by atoms with Crippen molar-refractivity contribution in [3.63, 3.8) is 0 Å². The molecule has 1 amide bonds. The van der Waals surface area contributed by atoms with E-state index in [0.29, 0.717) is 11.3 Å². The molecule has 156 valence electrons. The number of hydrogen-bond acceptors (Lipinski definition) is 5. The number of H-pyrrole nitrogens is 1. The lowest BCUT2D eigenvalue weighted by atomic mass is 10.1. The molecule has 3 aromatic rings. The SMILES string of the molecule is CC(c1ccc(-n2cncn2)cc1)N(C)CC(=O)c1c[nH]c(C(=O)N2CCCC2)c1. The zero-order valence-corrected chi connectivity index (χ0v) is 17.3. The Bertz CT molecular complexity index is 1000. The van der Waals surface area contributed by atoms with Crippen LogP contribution in [0.2, 0.25) is 0 Å². The minimum absolute atomic E-state index is 0.0136. The summed E-state index contributed by atoms with van der Waals surface area (Å²) in [5.41, 5.74) is 3.07. The molecule has 1 aliphatic rings. The van der Waals surface area contributed by atoms with Crippen LogP contribution in [0, 0.1) is 0 Å². The summed E-state index contributed by atoms with van der Waals surface area (Å²) in [6, 6.07) is 9.77. The number of ketones is 1. The van der Waals surface area contributed by atoms with Crippen molar-refractivity contribution in [1.82, 2.24) is 29.5 Å². The molecule has 1 N–H and O–H groups in total. The minimum atomic E-state index is -0.0271. The van der Waals surface area contributed by atoms with E-state index in [9.17, 15) is 9.59 Å². The number of nitrogens with one attached hydrogen (secondary N) is 1. The number of benzene rings is 1. The zero-order chi connectivity index (χ0) is 21.1. The molecule has 0 bridgehead atoms. The van der Waals surface area contributed by atoms with E-state index in [-0.39, 0.29) is 24.3 Å². The minimum Gasteiger partial charge on any atom is -0.356 e. The summed E-state index contributed by atoms with van der Waals surface area (Å²) >= 11 is 0. The van der Waals surface area contributed by atoms with Crippen LogP contribution < -0.4 is 0 Å². The third-order valence-electron chi connectivity index (χ3n) is 5.74. The quantitative estimate of drug-likeness (QED) is 0.610. The van der Waals surface area contributed by atoms with Crippen molar-refractivity contribution in [3.8, 4) is 5.69 Å². The molecular formula is C22H26N6O2. The Morgan fingerprint density at radius 2 is 1.93 bits per heavy atom. The van der Waals surface area contributed by atoms with Gasteiger partial charge in [0, 0.05) is 30.9 Å². The van der Waals surface area contributed by atoms with E-state index in [1.165, 1.54) is 6.33 Å². The number of likely N-dealkylation sites (N-methyl/N-ethyl adjacent to an activating group) is 1. The lowest BCUT2D eigenvalue weighted by molar-refractivity contribution is 0.0787. The monoisotopic (exact) mass is 406 g/mol. The van der Waals surface area contributed by atoms with E-state index in [1.807, 2.05) is 41.1 Å². The van der Waals surface area contributed by atoms with Gasteiger partial charge in [0.2, 0.25) is 0 Å². The third kappa shape index (κ3) is 4.18. The molecule has 4 rings (SSSR count). The van der Waals surface area contributed by atoms with Gasteiger partial charge in [0.05, 0.1) is 12.2 Å².